The number of nitrogens with one attached hydrogen (secondary N) is 1. The van der Waals surface area contributed by atoms with Gasteiger partial charge in [-0.1, -0.05) is 0 Å². The minimum absolute atomic E-state index is 0.241. The van der Waals surface area contributed by atoms with E-state index in [0.717, 1.165) is 18.9 Å². The molecule has 2 aromatic rings. The van der Waals surface area contributed by atoms with Gasteiger partial charge in [0, 0.05) is 31.5 Å². The zero-order chi connectivity index (χ0) is 14.5. The van der Waals surface area contributed by atoms with Gasteiger partial charge in [-0.2, -0.15) is 0 Å². The normalized spacial score (nSPS) is 14.8. The maximum absolute atomic E-state index is 12.1. The summed E-state index contributed by atoms with van der Waals surface area (Å²) in [6, 6.07) is 5.18. The predicted octanol–water partition coefficient (Wildman–Crippen LogP) is 0.960. The molecule has 7 nitrogen and oxygen atoms in total. The highest BCUT2D eigenvalue weighted by molar-refractivity contribution is 6.03. The number of pyridine rings is 1. The van der Waals surface area contributed by atoms with Crippen molar-refractivity contribution in [3.63, 3.8) is 0 Å². The summed E-state index contributed by atoms with van der Waals surface area (Å²) in [4.78, 5) is 26.4. The summed E-state index contributed by atoms with van der Waals surface area (Å²) in [5, 5.41) is 2.75. The monoisotopic (exact) mass is 285 g/mol. The Bertz CT molecular complexity index is 614. The molecule has 1 N–H and O–H groups in total. The van der Waals surface area contributed by atoms with Gasteiger partial charge in [0.15, 0.2) is 0 Å². The van der Waals surface area contributed by atoms with E-state index in [1.54, 1.807) is 24.4 Å². The summed E-state index contributed by atoms with van der Waals surface area (Å²) >= 11 is 0. The second-order valence-electron chi connectivity index (χ2n) is 4.56. The van der Waals surface area contributed by atoms with E-state index < -0.39 is 0 Å². The Hall–Kier alpha value is -2.54. The van der Waals surface area contributed by atoms with Crippen LogP contribution >= 0.6 is 0 Å². The summed E-state index contributed by atoms with van der Waals surface area (Å²) in [5.41, 5.74) is 0.490. The Morgan fingerprint density at radius 3 is 2.90 bits per heavy atom. The van der Waals surface area contributed by atoms with E-state index in [-0.39, 0.29) is 5.91 Å². The topological polar surface area (TPSA) is 80.2 Å². The first-order valence-electron chi connectivity index (χ1n) is 6.69. The number of hydrogen-bond donors (Lipinski definition) is 1. The fourth-order valence-corrected chi connectivity index (χ4v) is 2.07. The quantitative estimate of drug-likeness (QED) is 0.904. The van der Waals surface area contributed by atoms with E-state index >= 15 is 0 Å². The van der Waals surface area contributed by atoms with Crippen LogP contribution in [0.1, 0.15) is 10.4 Å². The lowest BCUT2D eigenvalue weighted by Gasteiger charge is -2.27. The van der Waals surface area contributed by atoms with Crippen LogP contribution in [0.2, 0.25) is 0 Å². The molecule has 21 heavy (non-hydrogen) atoms. The van der Waals surface area contributed by atoms with E-state index in [0.29, 0.717) is 24.6 Å². The van der Waals surface area contributed by atoms with Crippen molar-refractivity contribution >= 4 is 17.5 Å². The summed E-state index contributed by atoms with van der Waals surface area (Å²) in [6.07, 6.45) is 4.58. The molecule has 108 valence electrons. The smallest absolute Gasteiger partial charge is 0.258 e. The molecule has 3 rings (SSSR count). The third kappa shape index (κ3) is 3.32. The molecule has 0 saturated carbocycles. The zero-order valence-corrected chi connectivity index (χ0v) is 11.4. The van der Waals surface area contributed by atoms with Crippen LogP contribution in [0.15, 0.2) is 36.9 Å². The highest BCUT2D eigenvalue weighted by atomic mass is 16.5. The Labute approximate surface area is 122 Å². The van der Waals surface area contributed by atoms with Crippen LogP contribution in [-0.2, 0) is 4.74 Å². The molecule has 0 atom stereocenters. The minimum atomic E-state index is -0.241. The number of aromatic nitrogens is 3. The lowest BCUT2D eigenvalue weighted by molar-refractivity contribution is 0.102. The molecule has 1 saturated heterocycles. The summed E-state index contributed by atoms with van der Waals surface area (Å²) in [5.74, 6) is 1.02. The van der Waals surface area contributed by atoms with Gasteiger partial charge < -0.3 is 15.0 Å². The van der Waals surface area contributed by atoms with Crippen LogP contribution in [0.4, 0.5) is 11.6 Å². The minimum Gasteiger partial charge on any atom is -0.378 e. The highest BCUT2D eigenvalue weighted by Gasteiger charge is 2.14. The molecule has 1 aliphatic heterocycles. The van der Waals surface area contributed by atoms with Crippen molar-refractivity contribution in [3.8, 4) is 0 Å². The number of rotatable bonds is 3. The SMILES string of the molecule is O=C(Nc1cc(N2CCOCC2)ncn1)c1cccnc1. The van der Waals surface area contributed by atoms with E-state index in [2.05, 4.69) is 25.2 Å². The summed E-state index contributed by atoms with van der Waals surface area (Å²) in [7, 11) is 0. The van der Waals surface area contributed by atoms with Crippen molar-refractivity contribution in [1.29, 1.82) is 0 Å². The number of amides is 1. The standard InChI is InChI=1S/C14H15N5O2/c20-14(11-2-1-3-15-9-11)18-12-8-13(17-10-16-12)19-4-6-21-7-5-19/h1-3,8-10H,4-7H2,(H,16,17,18,20). The maximum atomic E-state index is 12.1. The Morgan fingerprint density at radius 1 is 1.29 bits per heavy atom. The first-order chi connectivity index (χ1) is 10.3. The van der Waals surface area contributed by atoms with E-state index in [1.807, 2.05) is 0 Å². The fraction of sp³-hybridized carbons (Fsp3) is 0.286. The summed E-state index contributed by atoms with van der Waals surface area (Å²) in [6.45, 7) is 2.93. The molecule has 0 bridgehead atoms. The van der Waals surface area contributed by atoms with Crippen LogP contribution in [0.25, 0.3) is 0 Å². The van der Waals surface area contributed by atoms with Crippen LogP contribution < -0.4 is 10.2 Å². The Morgan fingerprint density at radius 2 is 2.14 bits per heavy atom. The number of morpholine rings is 1. The first-order valence-corrected chi connectivity index (χ1v) is 6.69. The van der Waals surface area contributed by atoms with Crippen LogP contribution in [0, 0.1) is 0 Å². The van der Waals surface area contributed by atoms with Crippen molar-refractivity contribution < 1.29 is 9.53 Å². The number of carbonyl (C=O) groups is 1. The van der Waals surface area contributed by atoms with Gasteiger partial charge >= 0.3 is 0 Å². The maximum Gasteiger partial charge on any atom is 0.258 e. The van der Waals surface area contributed by atoms with E-state index in [9.17, 15) is 4.79 Å². The number of anilines is 2. The second kappa shape index (κ2) is 6.27. The third-order valence-corrected chi connectivity index (χ3v) is 3.15. The molecule has 1 amide bonds. The lowest BCUT2D eigenvalue weighted by atomic mass is 10.3. The van der Waals surface area contributed by atoms with Crippen LogP contribution in [-0.4, -0.2) is 47.2 Å². The van der Waals surface area contributed by atoms with Crippen LogP contribution in [0.3, 0.4) is 0 Å². The lowest BCUT2D eigenvalue weighted by Crippen LogP contribution is -2.36. The number of nitrogens with zero attached hydrogens (tertiary/aromatic N) is 4. The predicted molar refractivity (Wildman–Crippen MR) is 77.3 cm³/mol. The van der Waals surface area contributed by atoms with E-state index in [4.69, 9.17) is 4.74 Å². The molecule has 0 spiro atoms. The molecule has 0 aliphatic carbocycles. The number of ether oxygens (including phenoxy) is 1. The molecule has 7 heteroatoms. The van der Waals surface area contributed by atoms with Crippen molar-refractivity contribution in [2.45, 2.75) is 0 Å². The fourth-order valence-electron chi connectivity index (χ4n) is 2.07. The van der Waals surface area contributed by atoms with Gasteiger partial charge in [0.25, 0.3) is 5.91 Å². The Kier molecular flexibility index (Phi) is 4.02. The molecule has 0 aromatic carbocycles. The molecular weight excluding hydrogens is 270 g/mol. The molecule has 1 aliphatic rings. The zero-order valence-electron chi connectivity index (χ0n) is 11.4. The highest BCUT2D eigenvalue weighted by Crippen LogP contribution is 2.15. The second-order valence-corrected chi connectivity index (χ2v) is 4.56. The van der Waals surface area contributed by atoms with Gasteiger partial charge in [-0.3, -0.25) is 9.78 Å². The molecule has 3 heterocycles. The molecule has 1 fully saturated rings. The molecular formula is C14H15N5O2. The average Bonchev–Trinajstić information content (AvgIpc) is 2.57. The van der Waals surface area contributed by atoms with Crippen molar-refractivity contribution in [2.24, 2.45) is 0 Å². The molecule has 0 radical (unpaired) electrons. The molecule has 0 unspecified atom stereocenters. The molecule has 2 aromatic heterocycles. The number of hydrogen-bond acceptors (Lipinski definition) is 6. The van der Waals surface area contributed by atoms with E-state index in [1.165, 1.54) is 12.5 Å². The largest absolute Gasteiger partial charge is 0.378 e. The van der Waals surface area contributed by atoms with Crippen LogP contribution in [0.5, 0.6) is 0 Å². The Balaban J connectivity index is 1.72. The third-order valence-electron chi connectivity index (χ3n) is 3.15. The van der Waals surface area contributed by atoms with Gasteiger partial charge in [-0.25, -0.2) is 9.97 Å². The average molecular weight is 285 g/mol. The van der Waals surface area contributed by atoms with Gasteiger partial charge in [0.05, 0.1) is 18.8 Å². The van der Waals surface area contributed by atoms with Gasteiger partial charge in [0.1, 0.15) is 18.0 Å². The first kappa shape index (κ1) is 13.4. The van der Waals surface area contributed by atoms with Crippen molar-refractivity contribution in [3.05, 3.63) is 42.5 Å². The number of carbonyl (C=O) groups excluding carboxylic acids is 1. The van der Waals surface area contributed by atoms with Gasteiger partial charge in [0.2, 0.25) is 0 Å². The van der Waals surface area contributed by atoms with Gasteiger partial charge in [-0.15, -0.1) is 0 Å². The summed E-state index contributed by atoms with van der Waals surface area (Å²) < 4.78 is 5.31. The van der Waals surface area contributed by atoms with Crippen molar-refractivity contribution in [2.75, 3.05) is 36.5 Å². The van der Waals surface area contributed by atoms with Crippen molar-refractivity contribution in [1.82, 2.24) is 15.0 Å². The van der Waals surface area contributed by atoms with Gasteiger partial charge in [-0.05, 0) is 12.1 Å².